The SMILES string of the molecule is CC.COC(=O)c1c(C)noc1-c1ccc(C(C)(F)F)cc1.COC(=O)c1cc2ccccc2s1. The quantitative estimate of drug-likeness (QED) is 0.273. The van der Waals surface area contributed by atoms with E-state index < -0.39 is 11.9 Å². The minimum atomic E-state index is -2.92. The number of ether oxygens (including phenoxy) is 2. The summed E-state index contributed by atoms with van der Waals surface area (Å²) in [6.07, 6.45) is 0. The molecule has 0 saturated heterocycles. The van der Waals surface area contributed by atoms with Crippen LogP contribution in [0.2, 0.25) is 0 Å². The Bertz CT molecular complexity index is 1240. The summed E-state index contributed by atoms with van der Waals surface area (Å²) in [5.74, 6) is -3.55. The average molecular weight is 504 g/mol. The number of fused-ring (bicyclic) bond motifs is 1. The normalized spacial score (nSPS) is 10.5. The van der Waals surface area contributed by atoms with Gasteiger partial charge < -0.3 is 14.0 Å². The number of hydrogen-bond donors (Lipinski definition) is 0. The fraction of sp³-hybridized carbons (Fsp3) is 0.269. The smallest absolute Gasteiger partial charge is 0.348 e. The van der Waals surface area contributed by atoms with Gasteiger partial charge in [-0.3, -0.25) is 0 Å². The Kier molecular flexibility index (Phi) is 9.65. The summed E-state index contributed by atoms with van der Waals surface area (Å²) in [5, 5.41) is 4.80. The van der Waals surface area contributed by atoms with Crippen LogP contribution >= 0.6 is 11.3 Å². The zero-order valence-corrected chi connectivity index (χ0v) is 21.2. The van der Waals surface area contributed by atoms with Crippen LogP contribution in [0.25, 0.3) is 21.4 Å². The number of aromatic nitrogens is 1. The van der Waals surface area contributed by atoms with Crippen molar-refractivity contribution >= 4 is 33.4 Å². The number of methoxy groups -OCH3 is 2. The molecule has 9 heteroatoms. The Morgan fingerprint density at radius 2 is 1.57 bits per heavy atom. The van der Waals surface area contributed by atoms with Crippen LogP contribution in [0.5, 0.6) is 0 Å². The van der Waals surface area contributed by atoms with E-state index in [4.69, 9.17) is 4.52 Å². The molecule has 0 aliphatic rings. The van der Waals surface area contributed by atoms with Crippen molar-refractivity contribution in [3.63, 3.8) is 0 Å². The first-order chi connectivity index (χ1) is 16.7. The predicted molar refractivity (Wildman–Crippen MR) is 132 cm³/mol. The fourth-order valence-electron chi connectivity index (χ4n) is 3.01. The minimum Gasteiger partial charge on any atom is -0.465 e. The molecule has 186 valence electrons. The Hall–Kier alpha value is -3.59. The van der Waals surface area contributed by atoms with Gasteiger partial charge in [0.2, 0.25) is 0 Å². The molecular weight excluding hydrogens is 476 g/mol. The number of carbonyl (C=O) groups excluding carboxylic acids is 2. The van der Waals surface area contributed by atoms with Gasteiger partial charge >= 0.3 is 11.9 Å². The first-order valence-corrected chi connectivity index (χ1v) is 11.6. The molecule has 0 saturated carbocycles. The van der Waals surface area contributed by atoms with E-state index in [1.165, 1.54) is 49.8 Å². The lowest BCUT2D eigenvalue weighted by atomic mass is 10.0. The molecule has 35 heavy (non-hydrogen) atoms. The highest BCUT2D eigenvalue weighted by atomic mass is 32.1. The summed E-state index contributed by atoms with van der Waals surface area (Å²) in [6, 6.07) is 15.2. The number of hydrogen-bond acceptors (Lipinski definition) is 7. The standard InChI is InChI=1S/C14H13F2NO3.C10H8O2S.C2H6/c1-8-11(13(18)19-3)12(20-17-8)9-4-6-10(7-5-9)14(2,15)16;1-12-10(11)9-6-7-4-2-3-5-8(7)13-9;1-2/h4-7H,1-3H3;2-6H,1H3;1-2H3. The molecule has 0 atom stereocenters. The summed E-state index contributed by atoms with van der Waals surface area (Å²) in [5.41, 5.74) is 0.955. The molecular formula is C26H27F2NO5S. The lowest BCUT2D eigenvalue weighted by molar-refractivity contribution is 0.0174. The maximum absolute atomic E-state index is 13.1. The summed E-state index contributed by atoms with van der Waals surface area (Å²) < 4.78 is 41.8. The van der Waals surface area contributed by atoms with Gasteiger partial charge in [0.05, 0.1) is 19.9 Å². The molecule has 2 aromatic heterocycles. The number of rotatable bonds is 4. The van der Waals surface area contributed by atoms with E-state index in [2.05, 4.69) is 14.6 Å². The number of benzene rings is 2. The maximum atomic E-state index is 13.1. The molecule has 0 unspecified atom stereocenters. The Morgan fingerprint density at radius 1 is 0.971 bits per heavy atom. The number of carbonyl (C=O) groups is 2. The first-order valence-electron chi connectivity index (χ1n) is 10.8. The number of halogens is 2. The molecule has 0 spiro atoms. The van der Waals surface area contributed by atoms with Gasteiger partial charge in [0.15, 0.2) is 5.76 Å². The van der Waals surface area contributed by atoms with Gasteiger partial charge in [-0.2, -0.15) is 0 Å². The second-order valence-corrected chi connectivity index (χ2v) is 8.15. The number of thiophene rings is 1. The number of nitrogens with zero attached hydrogens (tertiary/aromatic N) is 1. The maximum Gasteiger partial charge on any atom is 0.348 e. The molecule has 0 N–H and O–H groups in total. The number of alkyl halides is 2. The fourth-order valence-corrected chi connectivity index (χ4v) is 3.99. The van der Waals surface area contributed by atoms with E-state index in [1.54, 1.807) is 6.92 Å². The van der Waals surface area contributed by atoms with Crippen molar-refractivity contribution in [3.8, 4) is 11.3 Å². The van der Waals surface area contributed by atoms with E-state index >= 15 is 0 Å². The molecule has 2 aromatic carbocycles. The number of aryl methyl sites for hydroxylation is 1. The highest BCUT2D eigenvalue weighted by Gasteiger charge is 2.26. The second-order valence-electron chi connectivity index (χ2n) is 7.07. The highest BCUT2D eigenvalue weighted by Crippen LogP contribution is 2.31. The molecule has 0 radical (unpaired) electrons. The van der Waals surface area contributed by atoms with Crippen molar-refractivity contribution in [2.45, 2.75) is 33.6 Å². The van der Waals surface area contributed by atoms with Crippen molar-refractivity contribution in [1.82, 2.24) is 5.16 Å². The molecule has 0 fully saturated rings. The largest absolute Gasteiger partial charge is 0.465 e. The lowest BCUT2D eigenvalue weighted by Gasteiger charge is -2.10. The van der Waals surface area contributed by atoms with Crippen molar-refractivity contribution in [2.24, 2.45) is 0 Å². The van der Waals surface area contributed by atoms with Crippen molar-refractivity contribution < 1.29 is 32.4 Å². The third-order valence-electron chi connectivity index (χ3n) is 4.72. The van der Waals surface area contributed by atoms with Crippen LogP contribution in [0.3, 0.4) is 0 Å². The highest BCUT2D eigenvalue weighted by molar-refractivity contribution is 7.20. The van der Waals surface area contributed by atoms with Crippen LogP contribution < -0.4 is 0 Å². The van der Waals surface area contributed by atoms with Gasteiger partial charge in [-0.25, -0.2) is 18.4 Å². The van der Waals surface area contributed by atoms with Crippen LogP contribution in [-0.2, 0) is 15.4 Å². The van der Waals surface area contributed by atoms with E-state index in [9.17, 15) is 18.4 Å². The summed E-state index contributed by atoms with van der Waals surface area (Å²) in [7, 11) is 2.64. The topological polar surface area (TPSA) is 78.6 Å². The van der Waals surface area contributed by atoms with E-state index in [0.717, 1.165) is 17.0 Å². The van der Waals surface area contributed by atoms with Gasteiger partial charge in [-0.15, -0.1) is 11.3 Å². The van der Waals surface area contributed by atoms with Gasteiger partial charge in [0, 0.05) is 22.8 Å². The van der Waals surface area contributed by atoms with Crippen molar-refractivity contribution in [3.05, 3.63) is 76.3 Å². The first kappa shape index (κ1) is 27.7. The third kappa shape index (κ3) is 6.73. The van der Waals surface area contributed by atoms with Gasteiger partial charge in [0.1, 0.15) is 10.4 Å². The molecule has 0 aliphatic heterocycles. The Balaban J connectivity index is 0.000000248. The molecule has 4 rings (SSSR count). The van der Waals surface area contributed by atoms with E-state index in [-0.39, 0.29) is 22.9 Å². The molecule has 2 heterocycles. The van der Waals surface area contributed by atoms with Crippen LogP contribution in [0.1, 0.15) is 52.1 Å². The van der Waals surface area contributed by atoms with Gasteiger partial charge in [-0.1, -0.05) is 61.5 Å². The zero-order valence-electron chi connectivity index (χ0n) is 20.3. The summed E-state index contributed by atoms with van der Waals surface area (Å²) >= 11 is 1.46. The molecule has 0 aliphatic carbocycles. The molecule has 0 bridgehead atoms. The van der Waals surface area contributed by atoms with Crippen LogP contribution in [0.4, 0.5) is 8.78 Å². The number of esters is 2. The second kappa shape index (κ2) is 12.2. The zero-order chi connectivity index (χ0) is 26.2. The van der Waals surface area contributed by atoms with Crippen LogP contribution in [-0.4, -0.2) is 31.3 Å². The molecule has 0 amide bonds. The molecule has 4 aromatic rings. The third-order valence-corrected chi connectivity index (χ3v) is 5.81. The van der Waals surface area contributed by atoms with E-state index in [0.29, 0.717) is 16.1 Å². The average Bonchev–Trinajstić information content (AvgIpc) is 3.48. The predicted octanol–water partition coefficient (Wildman–Crippen LogP) is 7.26. The van der Waals surface area contributed by atoms with E-state index in [1.807, 2.05) is 44.2 Å². The lowest BCUT2D eigenvalue weighted by Crippen LogP contribution is -2.06. The Morgan fingerprint density at radius 3 is 2.11 bits per heavy atom. The molecule has 6 nitrogen and oxygen atoms in total. The summed E-state index contributed by atoms with van der Waals surface area (Å²) in [6.45, 7) is 6.42. The summed E-state index contributed by atoms with van der Waals surface area (Å²) in [4.78, 5) is 23.5. The van der Waals surface area contributed by atoms with Crippen LogP contribution in [0, 0.1) is 6.92 Å². The van der Waals surface area contributed by atoms with Gasteiger partial charge in [0.25, 0.3) is 5.92 Å². The monoisotopic (exact) mass is 503 g/mol. The Labute approximate surface area is 206 Å². The van der Waals surface area contributed by atoms with Crippen LogP contribution in [0.15, 0.2) is 59.1 Å². The minimum absolute atomic E-state index is 0.114. The van der Waals surface area contributed by atoms with Crippen molar-refractivity contribution in [2.75, 3.05) is 14.2 Å². The van der Waals surface area contributed by atoms with Crippen molar-refractivity contribution in [1.29, 1.82) is 0 Å². The van der Waals surface area contributed by atoms with Gasteiger partial charge in [-0.05, 0) is 24.4 Å².